The molecule has 0 bridgehead atoms. The summed E-state index contributed by atoms with van der Waals surface area (Å²) in [4.78, 5) is 8.58. The molecule has 8 nitrogen and oxygen atoms in total. The van der Waals surface area contributed by atoms with Gasteiger partial charge in [-0.3, -0.25) is 10.3 Å². The summed E-state index contributed by atoms with van der Waals surface area (Å²) in [6, 6.07) is 9.71. The SMILES string of the molecule is O=S(=O)(c1cccc(C(F)(F)F)c1)N1CCC(c2cc([NH2+]Cc3cccnc3)n3ncc(Br)c3n2)CC1. The number of sulfonamides is 1. The number of fused-ring (bicyclic) bond motifs is 1. The Morgan fingerprint density at radius 3 is 2.57 bits per heavy atom. The number of hydrogen-bond donors (Lipinski definition) is 1. The number of benzene rings is 1. The molecule has 0 atom stereocenters. The number of nitrogens with zero attached hydrogens (tertiary/aromatic N) is 5. The maximum atomic E-state index is 13.1. The van der Waals surface area contributed by atoms with E-state index >= 15 is 0 Å². The van der Waals surface area contributed by atoms with Crippen molar-refractivity contribution in [1.29, 1.82) is 0 Å². The van der Waals surface area contributed by atoms with Gasteiger partial charge in [-0.15, -0.1) is 0 Å². The van der Waals surface area contributed by atoms with Crippen LogP contribution in [0.2, 0.25) is 0 Å². The molecule has 3 aromatic heterocycles. The summed E-state index contributed by atoms with van der Waals surface area (Å²) in [5.74, 6) is 0.846. The molecule has 1 saturated heterocycles. The Morgan fingerprint density at radius 1 is 1.08 bits per heavy atom. The second-order valence-corrected chi connectivity index (χ2v) is 11.6. The standard InChI is InChI=1S/C24H22BrF3N6O2S/c25-20-15-31-34-22(30-14-16-3-2-8-29-13-16)12-21(32-23(20)34)17-6-9-33(10-7-17)37(35,36)19-5-1-4-18(11-19)24(26,27)28/h1-5,8,11-13,15,17,30H,6-7,9-10,14H2/p+1. The summed E-state index contributed by atoms with van der Waals surface area (Å²) in [7, 11) is -4.05. The molecule has 1 aliphatic heterocycles. The molecule has 0 unspecified atom stereocenters. The fourth-order valence-corrected chi connectivity index (χ4v) is 6.31. The van der Waals surface area contributed by atoms with Crippen molar-refractivity contribution in [2.24, 2.45) is 0 Å². The van der Waals surface area contributed by atoms with E-state index in [1.807, 2.05) is 23.5 Å². The largest absolute Gasteiger partial charge is 0.416 e. The first-order valence-corrected chi connectivity index (χ1v) is 13.8. The van der Waals surface area contributed by atoms with Crippen LogP contribution in [0.4, 0.5) is 19.0 Å². The van der Waals surface area contributed by atoms with Crippen molar-refractivity contribution < 1.29 is 26.9 Å². The molecule has 0 spiro atoms. The molecule has 4 heterocycles. The van der Waals surface area contributed by atoms with Crippen molar-refractivity contribution in [3.8, 4) is 0 Å². The zero-order chi connectivity index (χ0) is 26.2. The van der Waals surface area contributed by atoms with E-state index in [1.54, 1.807) is 23.1 Å². The molecular formula is C24H23BrF3N6O2S+. The highest BCUT2D eigenvalue weighted by Crippen LogP contribution is 2.34. The molecule has 2 N–H and O–H groups in total. The van der Waals surface area contributed by atoms with Crippen LogP contribution >= 0.6 is 15.9 Å². The number of piperidine rings is 1. The Kier molecular flexibility index (Phi) is 7.05. The van der Waals surface area contributed by atoms with Gasteiger partial charge in [0.2, 0.25) is 15.8 Å². The predicted molar refractivity (Wildman–Crippen MR) is 132 cm³/mol. The average molecular weight is 596 g/mol. The molecule has 194 valence electrons. The van der Waals surface area contributed by atoms with Gasteiger partial charge in [0.25, 0.3) is 0 Å². The van der Waals surface area contributed by atoms with E-state index < -0.39 is 21.8 Å². The number of alkyl halides is 3. The van der Waals surface area contributed by atoms with Crippen LogP contribution in [0.3, 0.4) is 0 Å². The van der Waals surface area contributed by atoms with Gasteiger partial charge in [-0.05, 0) is 53.0 Å². The van der Waals surface area contributed by atoms with E-state index in [0.29, 0.717) is 31.1 Å². The van der Waals surface area contributed by atoms with Crippen molar-refractivity contribution in [3.63, 3.8) is 0 Å². The maximum Gasteiger partial charge on any atom is 0.416 e. The van der Waals surface area contributed by atoms with Crippen LogP contribution in [0, 0.1) is 0 Å². The summed E-state index contributed by atoms with van der Waals surface area (Å²) in [6.45, 7) is 1.02. The van der Waals surface area contributed by atoms with Gasteiger partial charge in [-0.25, -0.2) is 13.4 Å². The van der Waals surface area contributed by atoms with Gasteiger partial charge in [0.1, 0.15) is 6.54 Å². The fraction of sp³-hybridized carbons (Fsp3) is 0.292. The van der Waals surface area contributed by atoms with Crippen molar-refractivity contribution in [1.82, 2.24) is 23.9 Å². The Morgan fingerprint density at radius 2 is 1.86 bits per heavy atom. The lowest BCUT2D eigenvalue weighted by molar-refractivity contribution is -0.593. The molecule has 0 amide bonds. The number of hydrogen-bond acceptors (Lipinski definition) is 5. The quantitative estimate of drug-likeness (QED) is 0.365. The highest BCUT2D eigenvalue weighted by Gasteiger charge is 2.35. The van der Waals surface area contributed by atoms with E-state index in [-0.39, 0.29) is 23.9 Å². The Labute approximate surface area is 219 Å². The first-order chi connectivity index (χ1) is 17.6. The maximum absolute atomic E-state index is 13.1. The molecule has 0 aliphatic carbocycles. The van der Waals surface area contributed by atoms with Gasteiger partial charge in [0, 0.05) is 43.0 Å². The first-order valence-electron chi connectivity index (χ1n) is 11.6. The molecule has 1 aromatic carbocycles. The lowest BCUT2D eigenvalue weighted by Crippen LogP contribution is -2.77. The third kappa shape index (κ3) is 5.40. The zero-order valence-corrected chi connectivity index (χ0v) is 21.8. The third-order valence-corrected chi connectivity index (χ3v) is 8.87. The average Bonchev–Trinajstić information content (AvgIpc) is 3.28. The minimum absolute atomic E-state index is 0.00898. The number of nitrogens with two attached hydrogens (primary N) is 1. The van der Waals surface area contributed by atoms with Crippen LogP contribution in [-0.4, -0.2) is 45.4 Å². The van der Waals surface area contributed by atoms with Crippen molar-refractivity contribution in [3.05, 3.63) is 82.3 Å². The van der Waals surface area contributed by atoms with Crippen LogP contribution in [-0.2, 0) is 22.7 Å². The van der Waals surface area contributed by atoms with Crippen LogP contribution in [0.25, 0.3) is 5.65 Å². The number of rotatable bonds is 6. The molecule has 4 aromatic rings. The lowest BCUT2D eigenvalue weighted by atomic mass is 9.94. The second kappa shape index (κ2) is 10.1. The van der Waals surface area contributed by atoms with Crippen LogP contribution in [0.5, 0.6) is 0 Å². The zero-order valence-electron chi connectivity index (χ0n) is 19.4. The van der Waals surface area contributed by atoms with Crippen LogP contribution < -0.4 is 5.32 Å². The molecule has 0 saturated carbocycles. The van der Waals surface area contributed by atoms with Gasteiger partial charge >= 0.3 is 6.18 Å². The van der Waals surface area contributed by atoms with Gasteiger partial charge in [-0.2, -0.15) is 27.1 Å². The Balaban J connectivity index is 1.35. The van der Waals surface area contributed by atoms with Crippen molar-refractivity contribution >= 4 is 37.4 Å². The van der Waals surface area contributed by atoms with E-state index in [1.165, 1.54) is 10.4 Å². The van der Waals surface area contributed by atoms with E-state index in [2.05, 4.69) is 26.0 Å². The van der Waals surface area contributed by atoms with E-state index in [0.717, 1.165) is 33.7 Å². The van der Waals surface area contributed by atoms with Gasteiger partial charge < -0.3 is 0 Å². The topological polar surface area (TPSA) is 97.1 Å². The van der Waals surface area contributed by atoms with Crippen molar-refractivity contribution in [2.45, 2.75) is 36.4 Å². The van der Waals surface area contributed by atoms with E-state index in [4.69, 9.17) is 4.98 Å². The molecule has 1 aliphatic rings. The number of halogens is 4. The lowest BCUT2D eigenvalue weighted by Gasteiger charge is -2.31. The summed E-state index contributed by atoms with van der Waals surface area (Å²) in [5, 5.41) is 6.46. The van der Waals surface area contributed by atoms with Crippen LogP contribution in [0.1, 0.15) is 35.6 Å². The summed E-state index contributed by atoms with van der Waals surface area (Å²) in [5.41, 5.74) is 1.55. The molecule has 1 fully saturated rings. The highest BCUT2D eigenvalue weighted by molar-refractivity contribution is 9.10. The molecule has 5 rings (SSSR count). The highest BCUT2D eigenvalue weighted by atomic mass is 79.9. The van der Waals surface area contributed by atoms with E-state index in [9.17, 15) is 21.6 Å². The fourth-order valence-electron chi connectivity index (χ4n) is 4.45. The smallest absolute Gasteiger partial charge is 0.293 e. The van der Waals surface area contributed by atoms with Crippen LogP contribution in [0.15, 0.2) is 70.4 Å². The Hall–Kier alpha value is -2.87. The molecule has 37 heavy (non-hydrogen) atoms. The Bertz CT molecular complexity index is 1520. The summed E-state index contributed by atoms with van der Waals surface area (Å²) < 4.78 is 69.2. The predicted octanol–water partition coefficient (Wildman–Crippen LogP) is 3.87. The number of aromatic nitrogens is 4. The summed E-state index contributed by atoms with van der Waals surface area (Å²) in [6.07, 6.45) is 1.57. The van der Waals surface area contributed by atoms with Gasteiger partial charge in [0.05, 0.1) is 26.8 Å². The third-order valence-electron chi connectivity index (χ3n) is 6.42. The first kappa shape index (κ1) is 25.8. The minimum atomic E-state index is -4.61. The van der Waals surface area contributed by atoms with Gasteiger partial charge in [-0.1, -0.05) is 12.1 Å². The molecule has 0 radical (unpaired) electrons. The van der Waals surface area contributed by atoms with Gasteiger partial charge in [0.15, 0.2) is 5.65 Å². The number of quaternary nitrogens is 1. The normalized spacial score (nSPS) is 15.9. The van der Waals surface area contributed by atoms with Crippen molar-refractivity contribution in [2.75, 3.05) is 13.1 Å². The molecular weight excluding hydrogens is 573 g/mol. The summed E-state index contributed by atoms with van der Waals surface area (Å²) >= 11 is 3.50. The second-order valence-electron chi connectivity index (χ2n) is 8.81. The monoisotopic (exact) mass is 595 g/mol. The minimum Gasteiger partial charge on any atom is -0.293 e. The molecule has 13 heteroatoms. The number of pyridine rings is 1.